The molecule has 0 bridgehead atoms. The van der Waals surface area contributed by atoms with Crippen LogP contribution in [-0.4, -0.2) is 44.5 Å². The quantitative estimate of drug-likeness (QED) is 0.494. The molecule has 1 heterocycles. The predicted octanol–water partition coefficient (Wildman–Crippen LogP) is 4.55. The van der Waals surface area contributed by atoms with Gasteiger partial charge in [-0.2, -0.15) is 5.10 Å². The fraction of sp³-hybridized carbons (Fsp3) is 0.385. The molecule has 1 aliphatic carbocycles. The van der Waals surface area contributed by atoms with Crippen LogP contribution in [0.4, 0.5) is 5.69 Å². The Morgan fingerprint density at radius 3 is 2.62 bits per heavy atom. The molecule has 2 aromatic carbocycles. The number of ether oxygens (including phenoxy) is 2. The van der Waals surface area contributed by atoms with E-state index in [0.29, 0.717) is 6.61 Å². The van der Waals surface area contributed by atoms with Gasteiger partial charge in [0.2, 0.25) is 0 Å². The molecule has 0 amide bonds. The Balaban J connectivity index is 1.78. The molecule has 1 aliphatic heterocycles. The number of aryl methyl sites for hydroxylation is 1. The summed E-state index contributed by atoms with van der Waals surface area (Å²) < 4.78 is 10.6. The molecule has 0 aromatic heterocycles. The van der Waals surface area contributed by atoms with E-state index < -0.39 is 0 Å². The molecule has 2 aliphatic rings. The fourth-order valence-corrected chi connectivity index (χ4v) is 4.63. The molecule has 0 radical (unpaired) electrons. The van der Waals surface area contributed by atoms with Crippen LogP contribution in [0.15, 0.2) is 59.3 Å². The van der Waals surface area contributed by atoms with Crippen molar-refractivity contribution in [3.05, 3.63) is 70.9 Å². The Morgan fingerprint density at radius 2 is 1.97 bits per heavy atom. The highest BCUT2D eigenvalue weighted by Crippen LogP contribution is 2.45. The molecule has 0 unspecified atom stereocenters. The lowest BCUT2D eigenvalue weighted by molar-refractivity contribution is -0.137. The molecular formula is C26H31N3O3. The zero-order valence-corrected chi connectivity index (χ0v) is 19.5. The summed E-state index contributed by atoms with van der Waals surface area (Å²) in [5.41, 5.74) is 6.59. The number of hydrazone groups is 1. The van der Waals surface area contributed by atoms with E-state index in [9.17, 15) is 4.79 Å². The molecule has 168 valence electrons. The molecule has 0 fully saturated rings. The van der Waals surface area contributed by atoms with E-state index in [1.54, 1.807) is 13.2 Å². The van der Waals surface area contributed by atoms with E-state index in [1.807, 2.05) is 39.0 Å². The third-order valence-electron chi connectivity index (χ3n) is 6.25. The monoisotopic (exact) mass is 433 g/mol. The van der Waals surface area contributed by atoms with Crippen LogP contribution in [0.1, 0.15) is 43.0 Å². The average molecular weight is 434 g/mol. The Kier molecular flexibility index (Phi) is 6.21. The Bertz CT molecular complexity index is 1060. The van der Waals surface area contributed by atoms with Gasteiger partial charge in [0.1, 0.15) is 5.75 Å². The number of nitrogens with zero attached hydrogens (tertiary/aromatic N) is 3. The van der Waals surface area contributed by atoms with E-state index in [1.165, 1.54) is 11.1 Å². The number of rotatable bonds is 6. The topological polar surface area (TPSA) is 54.4 Å². The normalized spacial score (nSPS) is 19.7. The number of hydrogen-bond acceptors (Lipinski definition) is 6. The highest BCUT2D eigenvalue weighted by atomic mass is 16.5. The maximum atomic E-state index is 12.2. The van der Waals surface area contributed by atoms with E-state index in [-0.39, 0.29) is 17.9 Å². The molecular weight excluding hydrogens is 402 g/mol. The highest BCUT2D eigenvalue weighted by Gasteiger charge is 2.42. The summed E-state index contributed by atoms with van der Waals surface area (Å²) in [4.78, 5) is 14.3. The second kappa shape index (κ2) is 9.07. The smallest absolute Gasteiger partial charge is 0.332 e. The summed E-state index contributed by atoms with van der Waals surface area (Å²) >= 11 is 0. The molecule has 0 saturated carbocycles. The number of carbonyl (C=O) groups excluding carboxylic acids is 1. The van der Waals surface area contributed by atoms with Crippen molar-refractivity contribution in [2.24, 2.45) is 11.0 Å². The summed E-state index contributed by atoms with van der Waals surface area (Å²) in [7, 11) is 5.76. The summed E-state index contributed by atoms with van der Waals surface area (Å²) in [5, 5.41) is 7.06. The molecule has 0 saturated heterocycles. The van der Waals surface area contributed by atoms with Crippen LogP contribution in [-0.2, 0) is 16.0 Å². The first-order chi connectivity index (χ1) is 15.4. The number of carbonyl (C=O) groups is 1. The van der Waals surface area contributed by atoms with Crippen LogP contribution in [0, 0.1) is 5.92 Å². The Morgan fingerprint density at radius 1 is 1.22 bits per heavy atom. The fourth-order valence-electron chi connectivity index (χ4n) is 4.63. The van der Waals surface area contributed by atoms with Gasteiger partial charge in [-0.3, -0.25) is 5.01 Å². The van der Waals surface area contributed by atoms with Crippen molar-refractivity contribution in [3.63, 3.8) is 0 Å². The average Bonchev–Trinajstić information content (AvgIpc) is 3.19. The van der Waals surface area contributed by atoms with Gasteiger partial charge in [-0.15, -0.1) is 0 Å². The van der Waals surface area contributed by atoms with Gasteiger partial charge < -0.3 is 14.4 Å². The van der Waals surface area contributed by atoms with Gasteiger partial charge >= 0.3 is 5.97 Å². The van der Waals surface area contributed by atoms with E-state index in [0.717, 1.165) is 41.3 Å². The minimum absolute atomic E-state index is 0.0197. The SMILES string of the molecule is CCOC(=O)/C=C(/C)N1N=C2c3cc(OC)ccc3CC[C@H]2[C@@H]1c1ccc(N(C)C)cc1. The minimum atomic E-state index is -0.344. The van der Waals surface area contributed by atoms with Crippen LogP contribution in [0.25, 0.3) is 0 Å². The van der Waals surface area contributed by atoms with Crippen LogP contribution in [0.2, 0.25) is 0 Å². The van der Waals surface area contributed by atoms with Crippen molar-refractivity contribution in [2.75, 3.05) is 32.7 Å². The number of hydrogen-bond donors (Lipinski definition) is 0. The Labute approximate surface area is 190 Å². The van der Waals surface area contributed by atoms with Crippen molar-refractivity contribution in [2.45, 2.75) is 32.7 Å². The largest absolute Gasteiger partial charge is 0.497 e. The first kappa shape index (κ1) is 21.9. The van der Waals surface area contributed by atoms with Gasteiger partial charge in [0.15, 0.2) is 0 Å². The first-order valence-corrected chi connectivity index (χ1v) is 11.1. The van der Waals surface area contributed by atoms with Gasteiger partial charge in [0, 0.05) is 43.0 Å². The van der Waals surface area contributed by atoms with Crippen LogP contribution in [0.3, 0.4) is 0 Å². The van der Waals surface area contributed by atoms with Gasteiger partial charge in [-0.05, 0) is 62.1 Å². The van der Waals surface area contributed by atoms with Crippen molar-refractivity contribution in [1.29, 1.82) is 0 Å². The third kappa shape index (κ3) is 4.09. The molecule has 6 heteroatoms. The van der Waals surface area contributed by atoms with Gasteiger partial charge in [0.25, 0.3) is 0 Å². The first-order valence-electron chi connectivity index (χ1n) is 11.1. The number of methoxy groups -OCH3 is 1. The molecule has 2 aromatic rings. The summed E-state index contributed by atoms with van der Waals surface area (Å²) in [6.45, 7) is 4.08. The molecule has 0 spiro atoms. The molecule has 6 nitrogen and oxygen atoms in total. The highest BCUT2D eigenvalue weighted by molar-refractivity contribution is 6.06. The lowest BCUT2D eigenvalue weighted by Crippen LogP contribution is -2.28. The lowest BCUT2D eigenvalue weighted by Gasteiger charge is -2.31. The van der Waals surface area contributed by atoms with Crippen molar-refractivity contribution in [3.8, 4) is 5.75 Å². The number of fused-ring (bicyclic) bond motifs is 3. The van der Waals surface area contributed by atoms with Gasteiger partial charge in [0.05, 0.1) is 25.5 Å². The van der Waals surface area contributed by atoms with Gasteiger partial charge in [-0.1, -0.05) is 18.2 Å². The standard InChI is InChI=1S/C26H31N3O3/c1-6-32-24(30)15-17(2)29-26(19-7-11-20(12-8-19)28(3)4)22-14-10-18-9-13-21(31-5)16-23(18)25(22)27-29/h7-9,11-13,15-16,22,26H,6,10,14H2,1-5H3/b17-15-/t22-,26+/m1/s1. The maximum Gasteiger partial charge on any atom is 0.332 e. The predicted molar refractivity (Wildman–Crippen MR) is 127 cm³/mol. The summed E-state index contributed by atoms with van der Waals surface area (Å²) in [5.74, 6) is 0.713. The zero-order chi connectivity index (χ0) is 22.8. The van der Waals surface area contributed by atoms with E-state index in [2.05, 4.69) is 41.3 Å². The second-order valence-electron chi connectivity index (χ2n) is 8.47. The third-order valence-corrected chi connectivity index (χ3v) is 6.25. The lowest BCUT2D eigenvalue weighted by atomic mass is 9.77. The molecule has 4 rings (SSSR count). The van der Waals surface area contributed by atoms with Crippen LogP contribution < -0.4 is 9.64 Å². The molecule has 0 N–H and O–H groups in total. The summed E-state index contributed by atoms with van der Waals surface area (Å²) in [6.07, 6.45) is 3.53. The zero-order valence-electron chi connectivity index (χ0n) is 19.5. The number of benzene rings is 2. The number of allylic oxidation sites excluding steroid dienone is 1. The summed E-state index contributed by atoms with van der Waals surface area (Å²) in [6, 6.07) is 14.9. The Hall–Kier alpha value is -3.28. The van der Waals surface area contributed by atoms with E-state index >= 15 is 0 Å². The van der Waals surface area contributed by atoms with Crippen molar-refractivity contribution < 1.29 is 14.3 Å². The molecule has 32 heavy (non-hydrogen) atoms. The second-order valence-corrected chi connectivity index (χ2v) is 8.47. The van der Waals surface area contributed by atoms with Crippen LogP contribution in [0.5, 0.6) is 5.75 Å². The van der Waals surface area contributed by atoms with Crippen LogP contribution >= 0.6 is 0 Å². The van der Waals surface area contributed by atoms with Gasteiger partial charge in [-0.25, -0.2) is 4.79 Å². The van der Waals surface area contributed by atoms with Crippen molar-refractivity contribution >= 4 is 17.4 Å². The maximum absolute atomic E-state index is 12.2. The number of esters is 1. The number of anilines is 1. The van der Waals surface area contributed by atoms with Crippen molar-refractivity contribution in [1.82, 2.24) is 5.01 Å². The van der Waals surface area contributed by atoms with E-state index in [4.69, 9.17) is 14.6 Å². The minimum Gasteiger partial charge on any atom is -0.497 e. The molecule has 2 atom stereocenters.